The summed E-state index contributed by atoms with van der Waals surface area (Å²) in [6.07, 6.45) is 0.935. The number of rotatable bonds is 16. The summed E-state index contributed by atoms with van der Waals surface area (Å²) in [4.78, 5) is 30.1. The topological polar surface area (TPSA) is 105 Å². The van der Waals surface area contributed by atoms with Crippen LogP contribution in [-0.4, -0.2) is 57.5 Å². The molecule has 4 aromatic rings. The van der Waals surface area contributed by atoms with Gasteiger partial charge in [-0.3, -0.25) is 13.9 Å². The Morgan fingerprint density at radius 2 is 1.50 bits per heavy atom. The van der Waals surface area contributed by atoms with Gasteiger partial charge in [-0.2, -0.15) is 0 Å². The van der Waals surface area contributed by atoms with Crippen LogP contribution in [0.2, 0.25) is 0 Å². The van der Waals surface area contributed by atoms with Crippen molar-refractivity contribution in [3.8, 4) is 11.5 Å². The van der Waals surface area contributed by atoms with Crippen molar-refractivity contribution in [3.05, 3.63) is 120 Å². The van der Waals surface area contributed by atoms with Crippen molar-refractivity contribution in [2.24, 2.45) is 0 Å². The largest absolute Gasteiger partial charge is 0.497 e. The van der Waals surface area contributed by atoms with Crippen LogP contribution in [0.1, 0.15) is 43.9 Å². The maximum atomic E-state index is 14.7. The zero-order chi connectivity index (χ0) is 34.7. The molecule has 0 aliphatic carbocycles. The molecule has 4 rings (SSSR count). The zero-order valence-electron chi connectivity index (χ0n) is 28.3. The molecule has 254 valence electrons. The number of nitrogens with zero attached hydrogens (tertiary/aromatic N) is 2. The van der Waals surface area contributed by atoms with E-state index in [1.807, 2.05) is 70.2 Å². The van der Waals surface area contributed by atoms with Gasteiger partial charge >= 0.3 is 0 Å². The third kappa shape index (κ3) is 9.38. The summed E-state index contributed by atoms with van der Waals surface area (Å²) in [5.41, 5.74) is 2.86. The van der Waals surface area contributed by atoms with Crippen molar-refractivity contribution >= 4 is 27.5 Å². The summed E-state index contributed by atoms with van der Waals surface area (Å²) in [6, 6.07) is 28.8. The zero-order valence-corrected chi connectivity index (χ0v) is 29.1. The van der Waals surface area contributed by atoms with Crippen LogP contribution in [-0.2, 0) is 32.6 Å². The predicted molar refractivity (Wildman–Crippen MR) is 189 cm³/mol. The van der Waals surface area contributed by atoms with Crippen LogP contribution in [0.4, 0.5) is 5.69 Å². The first-order valence-electron chi connectivity index (χ1n) is 16.1. The summed E-state index contributed by atoms with van der Waals surface area (Å²) in [7, 11) is -2.67. The number of benzene rings is 4. The minimum Gasteiger partial charge on any atom is -0.497 e. The van der Waals surface area contributed by atoms with Gasteiger partial charge in [0.15, 0.2) is 0 Å². The smallest absolute Gasteiger partial charge is 0.264 e. The van der Waals surface area contributed by atoms with Crippen molar-refractivity contribution in [3.63, 3.8) is 0 Å². The first-order valence-corrected chi connectivity index (χ1v) is 17.6. The highest BCUT2D eigenvalue weighted by molar-refractivity contribution is 7.92. The molecule has 10 heteroatoms. The average molecular weight is 672 g/mol. The van der Waals surface area contributed by atoms with E-state index < -0.39 is 28.5 Å². The number of methoxy groups -OCH3 is 1. The van der Waals surface area contributed by atoms with Crippen molar-refractivity contribution in [1.82, 2.24) is 10.2 Å². The number of aryl methyl sites for hydroxylation is 1. The molecule has 0 spiro atoms. The average Bonchev–Trinajstić information content (AvgIpc) is 3.09. The molecule has 2 amide bonds. The van der Waals surface area contributed by atoms with E-state index in [9.17, 15) is 18.0 Å². The SMILES string of the molecule is CCOc1ccc(S(=O)(=O)N(CC(=O)N(Cc2cccc(OC)c2)[C@@H](Cc2ccccc2)C(=O)N[C@H](C)CC)c2ccc(C)cc2)cc1. The van der Waals surface area contributed by atoms with Gasteiger partial charge in [-0.25, -0.2) is 8.42 Å². The van der Waals surface area contributed by atoms with Gasteiger partial charge in [0, 0.05) is 19.0 Å². The van der Waals surface area contributed by atoms with Crippen LogP contribution >= 0.6 is 0 Å². The van der Waals surface area contributed by atoms with E-state index in [1.165, 1.54) is 17.0 Å². The highest BCUT2D eigenvalue weighted by Gasteiger charge is 2.35. The number of carbonyl (C=O) groups excluding carboxylic acids is 2. The molecule has 0 unspecified atom stereocenters. The monoisotopic (exact) mass is 671 g/mol. The van der Waals surface area contributed by atoms with Crippen LogP contribution < -0.4 is 19.1 Å². The van der Waals surface area contributed by atoms with E-state index in [1.54, 1.807) is 55.6 Å². The molecule has 0 fully saturated rings. The van der Waals surface area contributed by atoms with Gasteiger partial charge in [-0.05, 0) is 86.8 Å². The Morgan fingerprint density at radius 3 is 2.12 bits per heavy atom. The second-order valence-electron chi connectivity index (χ2n) is 11.6. The quantitative estimate of drug-likeness (QED) is 0.153. The number of hydrogen-bond acceptors (Lipinski definition) is 6. The maximum absolute atomic E-state index is 14.7. The Labute approximate surface area is 284 Å². The highest BCUT2D eigenvalue weighted by atomic mass is 32.2. The van der Waals surface area contributed by atoms with E-state index in [4.69, 9.17) is 9.47 Å². The van der Waals surface area contributed by atoms with Crippen molar-refractivity contribution in [2.45, 2.75) is 64.1 Å². The summed E-state index contributed by atoms with van der Waals surface area (Å²) >= 11 is 0. The van der Waals surface area contributed by atoms with Gasteiger partial charge in [0.25, 0.3) is 10.0 Å². The Hall–Kier alpha value is -4.83. The van der Waals surface area contributed by atoms with Gasteiger partial charge in [-0.15, -0.1) is 0 Å². The van der Waals surface area contributed by atoms with Gasteiger partial charge in [0.2, 0.25) is 11.8 Å². The third-order valence-corrected chi connectivity index (χ3v) is 9.87. The summed E-state index contributed by atoms with van der Waals surface area (Å²) in [6.45, 7) is 7.58. The lowest BCUT2D eigenvalue weighted by atomic mass is 10.0. The van der Waals surface area contributed by atoms with Gasteiger partial charge < -0.3 is 19.7 Å². The molecular formula is C38H45N3O6S. The molecule has 0 radical (unpaired) electrons. The maximum Gasteiger partial charge on any atom is 0.264 e. The van der Waals surface area contributed by atoms with Crippen LogP contribution in [0.3, 0.4) is 0 Å². The minimum atomic E-state index is -4.23. The Bertz CT molecular complexity index is 1750. The number of amides is 2. The summed E-state index contributed by atoms with van der Waals surface area (Å²) in [5.74, 6) is 0.284. The fraction of sp³-hybridized carbons (Fsp3) is 0.316. The van der Waals surface area contributed by atoms with Crippen molar-refractivity contribution < 1.29 is 27.5 Å². The Balaban J connectivity index is 1.80. The van der Waals surface area contributed by atoms with E-state index in [0.29, 0.717) is 30.2 Å². The van der Waals surface area contributed by atoms with Crippen LogP contribution in [0, 0.1) is 6.92 Å². The molecule has 0 aliphatic rings. The number of sulfonamides is 1. The van der Waals surface area contributed by atoms with E-state index in [-0.39, 0.29) is 29.8 Å². The molecule has 0 saturated heterocycles. The number of anilines is 1. The van der Waals surface area contributed by atoms with E-state index in [2.05, 4.69) is 5.32 Å². The molecule has 0 heterocycles. The Kier molecular flexibility index (Phi) is 12.6. The van der Waals surface area contributed by atoms with Crippen molar-refractivity contribution in [2.75, 3.05) is 24.6 Å². The minimum absolute atomic E-state index is 0.00835. The van der Waals surface area contributed by atoms with E-state index in [0.717, 1.165) is 21.0 Å². The summed E-state index contributed by atoms with van der Waals surface area (Å²) in [5, 5.41) is 3.06. The molecular weight excluding hydrogens is 627 g/mol. The second-order valence-corrected chi connectivity index (χ2v) is 13.5. The molecule has 0 aromatic heterocycles. The highest BCUT2D eigenvalue weighted by Crippen LogP contribution is 2.27. The van der Waals surface area contributed by atoms with Crippen LogP contribution in [0.5, 0.6) is 11.5 Å². The van der Waals surface area contributed by atoms with Crippen LogP contribution in [0.15, 0.2) is 108 Å². The fourth-order valence-electron chi connectivity index (χ4n) is 5.20. The second kappa shape index (κ2) is 16.8. The first kappa shape index (κ1) is 36.0. The third-order valence-electron chi connectivity index (χ3n) is 8.08. The number of nitrogens with one attached hydrogen (secondary N) is 1. The first-order chi connectivity index (χ1) is 23.0. The molecule has 2 atom stereocenters. The molecule has 0 saturated carbocycles. The number of carbonyl (C=O) groups is 2. The summed E-state index contributed by atoms with van der Waals surface area (Å²) < 4.78 is 40.6. The lowest BCUT2D eigenvalue weighted by Crippen LogP contribution is -2.54. The molecule has 1 N–H and O–H groups in total. The molecule has 48 heavy (non-hydrogen) atoms. The number of ether oxygens (including phenoxy) is 2. The molecule has 0 aliphatic heterocycles. The standard InChI is InChI=1S/C38H45N3O6S/c1-6-29(4)39-38(43)36(25-30-12-9-8-10-13-30)40(26-31-14-11-15-34(24-31)46-5)37(42)27-41(32-18-16-28(3)17-19-32)48(44,45)35-22-20-33(21-23-35)47-7-2/h8-24,29,36H,6-7,25-27H2,1-5H3,(H,39,43)/t29-,36+/m1/s1. The fourth-order valence-corrected chi connectivity index (χ4v) is 6.62. The lowest BCUT2D eigenvalue weighted by molar-refractivity contribution is -0.140. The number of hydrogen-bond donors (Lipinski definition) is 1. The molecule has 9 nitrogen and oxygen atoms in total. The molecule has 4 aromatic carbocycles. The van der Waals surface area contributed by atoms with Crippen LogP contribution in [0.25, 0.3) is 0 Å². The van der Waals surface area contributed by atoms with Gasteiger partial charge in [0.05, 0.1) is 24.3 Å². The van der Waals surface area contributed by atoms with Crippen molar-refractivity contribution in [1.29, 1.82) is 0 Å². The lowest BCUT2D eigenvalue weighted by Gasteiger charge is -2.34. The van der Waals surface area contributed by atoms with E-state index >= 15 is 0 Å². The normalized spacial score (nSPS) is 12.4. The predicted octanol–water partition coefficient (Wildman–Crippen LogP) is 6.15. The molecule has 0 bridgehead atoms. The van der Waals surface area contributed by atoms with Gasteiger partial charge in [0.1, 0.15) is 24.1 Å². The van der Waals surface area contributed by atoms with Gasteiger partial charge in [-0.1, -0.05) is 67.1 Å². The Morgan fingerprint density at radius 1 is 0.833 bits per heavy atom.